The number of amides is 1. The molecule has 8 heteroatoms. The third-order valence-corrected chi connectivity index (χ3v) is 4.69. The second kappa shape index (κ2) is 8.71. The SMILES string of the molecule is CC(C)Oc1ccc(Oc2ncc(-c3cncc(C(C)NC(=O)O)c3)s2)cc1. The quantitative estimate of drug-likeness (QED) is 0.573. The normalized spacial score (nSPS) is 11.9. The monoisotopic (exact) mass is 399 g/mol. The van der Waals surface area contributed by atoms with E-state index in [-0.39, 0.29) is 12.1 Å². The van der Waals surface area contributed by atoms with Crippen LogP contribution < -0.4 is 14.8 Å². The zero-order valence-electron chi connectivity index (χ0n) is 15.7. The van der Waals surface area contributed by atoms with Gasteiger partial charge in [0.2, 0.25) is 0 Å². The van der Waals surface area contributed by atoms with Crippen molar-refractivity contribution in [2.75, 3.05) is 0 Å². The summed E-state index contributed by atoms with van der Waals surface area (Å²) < 4.78 is 11.4. The highest BCUT2D eigenvalue weighted by molar-refractivity contribution is 7.16. The molecule has 2 N–H and O–H groups in total. The summed E-state index contributed by atoms with van der Waals surface area (Å²) in [6.07, 6.45) is 4.12. The number of rotatable bonds is 7. The molecule has 0 aliphatic rings. The number of benzene rings is 1. The van der Waals surface area contributed by atoms with Gasteiger partial charge in [0, 0.05) is 24.2 Å². The Morgan fingerprint density at radius 1 is 1.11 bits per heavy atom. The third-order valence-electron chi connectivity index (χ3n) is 3.77. The lowest BCUT2D eigenvalue weighted by atomic mass is 10.1. The average Bonchev–Trinajstić information content (AvgIpc) is 3.11. The van der Waals surface area contributed by atoms with Crippen LogP contribution in [0.2, 0.25) is 0 Å². The van der Waals surface area contributed by atoms with Crippen molar-refractivity contribution in [2.45, 2.75) is 32.9 Å². The van der Waals surface area contributed by atoms with Gasteiger partial charge in [-0.05, 0) is 56.7 Å². The summed E-state index contributed by atoms with van der Waals surface area (Å²) in [5, 5.41) is 11.8. The van der Waals surface area contributed by atoms with E-state index in [0.29, 0.717) is 10.9 Å². The van der Waals surface area contributed by atoms with Gasteiger partial charge in [0.05, 0.1) is 17.0 Å². The number of hydrogen-bond acceptors (Lipinski definition) is 6. The molecule has 7 nitrogen and oxygen atoms in total. The van der Waals surface area contributed by atoms with Crippen LogP contribution >= 0.6 is 11.3 Å². The smallest absolute Gasteiger partial charge is 0.405 e. The van der Waals surface area contributed by atoms with Gasteiger partial charge >= 0.3 is 6.09 Å². The first kappa shape index (κ1) is 19.6. The van der Waals surface area contributed by atoms with E-state index in [2.05, 4.69) is 15.3 Å². The summed E-state index contributed by atoms with van der Waals surface area (Å²) >= 11 is 1.39. The van der Waals surface area contributed by atoms with Gasteiger partial charge in [0.15, 0.2) is 0 Å². The molecule has 146 valence electrons. The van der Waals surface area contributed by atoms with Gasteiger partial charge in [-0.3, -0.25) is 4.98 Å². The molecule has 1 unspecified atom stereocenters. The van der Waals surface area contributed by atoms with E-state index in [1.807, 2.05) is 44.2 Å². The summed E-state index contributed by atoms with van der Waals surface area (Å²) in [4.78, 5) is 20.2. The highest BCUT2D eigenvalue weighted by Gasteiger charge is 2.12. The zero-order valence-corrected chi connectivity index (χ0v) is 16.6. The standard InChI is InChI=1S/C20H21N3O4S/c1-12(2)26-16-4-6-17(7-5-16)27-20-22-11-18(28-20)15-8-14(9-21-10-15)13(3)23-19(24)25/h4-13,23H,1-3H3,(H,24,25). The molecule has 0 radical (unpaired) electrons. The highest BCUT2D eigenvalue weighted by Crippen LogP contribution is 2.34. The molecule has 0 saturated carbocycles. The van der Waals surface area contributed by atoms with Crippen molar-refractivity contribution in [2.24, 2.45) is 0 Å². The number of aromatic nitrogens is 2. The summed E-state index contributed by atoms with van der Waals surface area (Å²) in [5.41, 5.74) is 1.63. The van der Waals surface area contributed by atoms with Crippen LogP contribution in [-0.4, -0.2) is 27.3 Å². The first-order valence-corrected chi connectivity index (χ1v) is 9.57. The molecular weight excluding hydrogens is 378 g/mol. The molecule has 3 rings (SSSR count). The number of nitrogens with one attached hydrogen (secondary N) is 1. The van der Waals surface area contributed by atoms with Crippen LogP contribution in [0.3, 0.4) is 0 Å². The molecule has 0 bridgehead atoms. The van der Waals surface area contributed by atoms with Gasteiger partial charge in [-0.15, -0.1) is 0 Å². The molecule has 1 aromatic carbocycles. The number of hydrogen-bond donors (Lipinski definition) is 2. The van der Waals surface area contributed by atoms with E-state index in [1.54, 1.807) is 25.5 Å². The van der Waals surface area contributed by atoms with Crippen LogP contribution in [0.25, 0.3) is 10.4 Å². The van der Waals surface area contributed by atoms with Gasteiger partial charge in [-0.2, -0.15) is 0 Å². The average molecular weight is 399 g/mol. The maximum absolute atomic E-state index is 10.8. The predicted octanol–water partition coefficient (Wildman–Crippen LogP) is 5.11. The van der Waals surface area contributed by atoms with Crippen LogP contribution in [-0.2, 0) is 0 Å². The molecule has 2 aromatic heterocycles. The molecular formula is C20H21N3O4S. The largest absolute Gasteiger partial charge is 0.491 e. The van der Waals surface area contributed by atoms with Gasteiger partial charge in [-0.25, -0.2) is 9.78 Å². The van der Waals surface area contributed by atoms with Crippen molar-refractivity contribution in [1.29, 1.82) is 0 Å². The number of carboxylic acid groups (broad SMARTS) is 1. The molecule has 0 fully saturated rings. The van der Waals surface area contributed by atoms with Crippen molar-refractivity contribution in [1.82, 2.24) is 15.3 Å². The van der Waals surface area contributed by atoms with E-state index in [1.165, 1.54) is 11.3 Å². The fraction of sp³-hybridized carbons (Fsp3) is 0.250. The lowest BCUT2D eigenvalue weighted by molar-refractivity contribution is 0.191. The fourth-order valence-corrected chi connectivity index (χ4v) is 3.26. The summed E-state index contributed by atoms with van der Waals surface area (Å²) in [6.45, 7) is 5.72. The second-order valence-electron chi connectivity index (χ2n) is 6.41. The Balaban J connectivity index is 1.71. The number of pyridine rings is 1. The lowest BCUT2D eigenvalue weighted by Gasteiger charge is -2.11. The maximum Gasteiger partial charge on any atom is 0.405 e. The van der Waals surface area contributed by atoms with E-state index >= 15 is 0 Å². The molecule has 0 aliphatic heterocycles. The predicted molar refractivity (Wildman–Crippen MR) is 107 cm³/mol. The Kier molecular flexibility index (Phi) is 6.10. The van der Waals surface area contributed by atoms with Gasteiger partial charge in [-0.1, -0.05) is 11.3 Å². The molecule has 1 amide bonds. The Morgan fingerprint density at radius 2 is 1.82 bits per heavy atom. The lowest BCUT2D eigenvalue weighted by Crippen LogP contribution is -2.24. The van der Waals surface area contributed by atoms with Gasteiger partial charge in [0.25, 0.3) is 5.19 Å². The summed E-state index contributed by atoms with van der Waals surface area (Å²) in [6, 6.07) is 8.91. The maximum atomic E-state index is 10.8. The number of thiazole rings is 1. The molecule has 3 aromatic rings. The van der Waals surface area contributed by atoms with Gasteiger partial charge < -0.3 is 19.9 Å². The van der Waals surface area contributed by atoms with Gasteiger partial charge in [0.1, 0.15) is 11.5 Å². The molecule has 0 aliphatic carbocycles. The van der Waals surface area contributed by atoms with Crippen molar-refractivity contribution in [3.05, 3.63) is 54.5 Å². The Morgan fingerprint density at radius 3 is 2.50 bits per heavy atom. The van der Waals surface area contributed by atoms with Crippen molar-refractivity contribution >= 4 is 17.4 Å². The molecule has 28 heavy (non-hydrogen) atoms. The minimum atomic E-state index is -1.07. The molecule has 2 heterocycles. The van der Waals surface area contributed by atoms with Crippen LogP contribution in [0.4, 0.5) is 4.79 Å². The van der Waals surface area contributed by atoms with Crippen LogP contribution in [0.15, 0.2) is 48.9 Å². The van der Waals surface area contributed by atoms with Crippen molar-refractivity contribution < 1.29 is 19.4 Å². The zero-order chi connectivity index (χ0) is 20.1. The highest BCUT2D eigenvalue weighted by atomic mass is 32.1. The van der Waals surface area contributed by atoms with E-state index in [0.717, 1.165) is 21.8 Å². The van der Waals surface area contributed by atoms with E-state index in [4.69, 9.17) is 14.6 Å². The Bertz CT molecular complexity index is 941. The molecule has 1 atom stereocenters. The van der Waals surface area contributed by atoms with Crippen LogP contribution in [0.1, 0.15) is 32.4 Å². The number of carbonyl (C=O) groups is 1. The molecule has 0 saturated heterocycles. The topological polar surface area (TPSA) is 93.6 Å². The number of nitrogens with zero attached hydrogens (tertiary/aromatic N) is 2. The van der Waals surface area contributed by atoms with Crippen LogP contribution in [0, 0.1) is 0 Å². The van der Waals surface area contributed by atoms with Crippen molar-refractivity contribution in [3.63, 3.8) is 0 Å². The first-order valence-electron chi connectivity index (χ1n) is 8.76. The van der Waals surface area contributed by atoms with E-state index < -0.39 is 6.09 Å². The summed E-state index contributed by atoms with van der Waals surface area (Å²) in [7, 11) is 0. The minimum absolute atomic E-state index is 0.117. The van der Waals surface area contributed by atoms with E-state index in [9.17, 15) is 4.79 Å². The van der Waals surface area contributed by atoms with Crippen LogP contribution in [0.5, 0.6) is 16.7 Å². The Hall–Kier alpha value is -3.13. The third kappa shape index (κ3) is 5.20. The number of ether oxygens (including phenoxy) is 2. The Labute approximate surface area is 167 Å². The molecule has 0 spiro atoms. The summed E-state index contributed by atoms with van der Waals surface area (Å²) in [5.74, 6) is 1.46. The fourth-order valence-electron chi connectivity index (χ4n) is 2.50. The van der Waals surface area contributed by atoms with Crippen molar-refractivity contribution in [3.8, 4) is 27.1 Å². The second-order valence-corrected chi connectivity index (χ2v) is 7.40. The first-order chi connectivity index (χ1) is 13.4. The minimum Gasteiger partial charge on any atom is -0.491 e.